The number of aromatic nitrogens is 1. The lowest BCUT2D eigenvalue weighted by Gasteiger charge is -2.25. The number of pyridine rings is 1. The zero-order valence-electron chi connectivity index (χ0n) is 16.2. The standard InChI is InChI=1S/C18H22F5NO4/c1-6-27-15(25)10-9(8-17(3,4)5)11(16(26)28-7-2)13(18(21,22)23)24-12(10)14(19)20/h14H,6-8H2,1-5H3. The summed E-state index contributed by atoms with van der Waals surface area (Å²) in [5.41, 5.74) is -6.33. The van der Waals surface area contributed by atoms with E-state index in [-0.39, 0.29) is 19.6 Å². The van der Waals surface area contributed by atoms with Crippen molar-refractivity contribution in [3.8, 4) is 0 Å². The third-order valence-electron chi connectivity index (χ3n) is 3.47. The van der Waals surface area contributed by atoms with Gasteiger partial charge in [0.25, 0.3) is 6.43 Å². The minimum atomic E-state index is -5.22. The van der Waals surface area contributed by atoms with Crippen LogP contribution in [0.15, 0.2) is 0 Å². The Morgan fingerprint density at radius 3 is 1.79 bits per heavy atom. The van der Waals surface area contributed by atoms with E-state index in [0.717, 1.165) is 0 Å². The van der Waals surface area contributed by atoms with E-state index < -0.39 is 58.0 Å². The van der Waals surface area contributed by atoms with E-state index in [0.29, 0.717) is 0 Å². The van der Waals surface area contributed by atoms with E-state index in [2.05, 4.69) is 4.98 Å². The number of carbonyl (C=O) groups excluding carboxylic acids is 2. The fourth-order valence-electron chi connectivity index (χ4n) is 2.58. The second kappa shape index (κ2) is 8.83. The Morgan fingerprint density at radius 1 is 0.964 bits per heavy atom. The molecule has 1 aromatic heterocycles. The number of carbonyl (C=O) groups is 2. The molecule has 0 unspecified atom stereocenters. The van der Waals surface area contributed by atoms with Gasteiger partial charge in [-0.05, 0) is 31.2 Å². The molecule has 0 saturated heterocycles. The van der Waals surface area contributed by atoms with E-state index in [9.17, 15) is 31.5 Å². The number of hydrogen-bond donors (Lipinski definition) is 0. The van der Waals surface area contributed by atoms with E-state index >= 15 is 0 Å². The fourth-order valence-corrected chi connectivity index (χ4v) is 2.58. The zero-order chi connectivity index (χ0) is 21.9. The van der Waals surface area contributed by atoms with Gasteiger partial charge in [-0.3, -0.25) is 0 Å². The van der Waals surface area contributed by atoms with Gasteiger partial charge in [-0.25, -0.2) is 23.4 Å². The number of hydrogen-bond acceptors (Lipinski definition) is 5. The summed E-state index contributed by atoms with van der Waals surface area (Å²) in [5.74, 6) is -2.67. The van der Waals surface area contributed by atoms with Gasteiger partial charge in [0.05, 0.1) is 24.3 Å². The Balaban J connectivity index is 4.08. The molecule has 1 rings (SSSR count). The predicted molar refractivity (Wildman–Crippen MR) is 89.3 cm³/mol. The molecule has 1 heterocycles. The molecule has 10 heteroatoms. The molecule has 0 aliphatic rings. The lowest BCUT2D eigenvalue weighted by Crippen LogP contribution is -2.27. The van der Waals surface area contributed by atoms with Crippen LogP contribution in [0.3, 0.4) is 0 Å². The molecule has 0 bridgehead atoms. The van der Waals surface area contributed by atoms with Gasteiger partial charge in [0.2, 0.25) is 0 Å². The second-order valence-corrected chi connectivity index (χ2v) is 7.05. The van der Waals surface area contributed by atoms with Gasteiger partial charge in [-0.1, -0.05) is 20.8 Å². The summed E-state index contributed by atoms with van der Waals surface area (Å²) in [4.78, 5) is 27.6. The van der Waals surface area contributed by atoms with Crippen LogP contribution in [-0.4, -0.2) is 30.1 Å². The molecule has 5 nitrogen and oxygen atoms in total. The molecule has 0 saturated carbocycles. The van der Waals surface area contributed by atoms with Crippen LogP contribution in [0.1, 0.15) is 78.7 Å². The van der Waals surface area contributed by atoms with Gasteiger partial charge >= 0.3 is 18.1 Å². The van der Waals surface area contributed by atoms with E-state index in [4.69, 9.17) is 9.47 Å². The molecule has 0 atom stereocenters. The summed E-state index contributed by atoms with van der Waals surface area (Å²) in [5, 5.41) is 0. The maximum Gasteiger partial charge on any atom is 0.434 e. The monoisotopic (exact) mass is 411 g/mol. The van der Waals surface area contributed by atoms with Crippen LogP contribution in [-0.2, 0) is 22.1 Å². The minimum absolute atomic E-state index is 0.202. The SMILES string of the molecule is CCOC(=O)c1c(C(F)F)nc(C(F)(F)F)c(C(=O)OCC)c1CC(C)(C)C. The molecule has 0 aromatic carbocycles. The number of nitrogens with zero attached hydrogens (tertiary/aromatic N) is 1. The maximum absolute atomic E-state index is 13.6. The van der Waals surface area contributed by atoms with Gasteiger partial charge in [-0.15, -0.1) is 0 Å². The third kappa shape index (κ3) is 5.62. The second-order valence-electron chi connectivity index (χ2n) is 7.05. The van der Waals surface area contributed by atoms with Crippen LogP contribution in [0, 0.1) is 5.41 Å². The molecule has 0 amide bonds. The summed E-state index contributed by atoms with van der Waals surface area (Å²) < 4.78 is 77.2. The summed E-state index contributed by atoms with van der Waals surface area (Å²) >= 11 is 0. The van der Waals surface area contributed by atoms with Crippen molar-refractivity contribution < 1.29 is 41.0 Å². The first-order valence-corrected chi connectivity index (χ1v) is 8.50. The van der Waals surface area contributed by atoms with Crippen LogP contribution in [0.5, 0.6) is 0 Å². The van der Waals surface area contributed by atoms with Crippen molar-refractivity contribution in [1.29, 1.82) is 0 Å². The maximum atomic E-state index is 13.6. The van der Waals surface area contributed by atoms with Crippen molar-refractivity contribution in [2.75, 3.05) is 13.2 Å². The highest BCUT2D eigenvalue weighted by Gasteiger charge is 2.43. The van der Waals surface area contributed by atoms with Crippen LogP contribution >= 0.6 is 0 Å². The molecule has 28 heavy (non-hydrogen) atoms. The van der Waals surface area contributed by atoms with Crippen LogP contribution in [0.2, 0.25) is 0 Å². The van der Waals surface area contributed by atoms with Gasteiger partial charge < -0.3 is 9.47 Å². The quantitative estimate of drug-likeness (QED) is 0.488. The smallest absolute Gasteiger partial charge is 0.434 e. The third-order valence-corrected chi connectivity index (χ3v) is 3.47. The van der Waals surface area contributed by atoms with Crippen molar-refractivity contribution in [2.45, 2.75) is 53.6 Å². The zero-order valence-corrected chi connectivity index (χ0v) is 16.2. The molecule has 0 fully saturated rings. The first-order chi connectivity index (χ1) is 12.7. The van der Waals surface area contributed by atoms with E-state index in [1.807, 2.05) is 0 Å². The molecule has 0 aliphatic heterocycles. The van der Waals surface area contributed by atoms with E-state index in [1.54, 1.807) is 20.8 Å². The fraction of sp³-hybridized carbons (Fsp3) is 0.611. The molecule has 0 radical (unpaired) electrons. The van der Waals surface area contributed by atoms with Gasteiger partial charge in [0.15, 0.2) is 5.69 Å². The summed E-state index contributed by atoms with van der Waals surface area (Å²) in [6.45, 7) is 7.18. The number of halogens is 5. The molecule has 1 aromatic rings. The van der Waals surface area contributed by atoms with Gasteiger partial charge in [0.1, 0.15) is 5.69 Å². The molecule has 158 valence electrons. The summed E-state index contributed by atoms with van der Waals surface area (Å²) in [6, 6.07) is 0. The van der Waals surface area contributed by atoms with Gasteiger partial charge in [-0.2, -0.15) is 13.2 Å². The number of ether oxygens (including phenoxy) is 2. The van der Waals surface area contributed by atoms with Crippen molar-refractivity contribution in [3.63, 3.8) is 0 Å². The van der Waals surface area contributed by atoms with Crippen molar-refractivity contribution in [3.05, 3.63) is 28.1 Å². The van der Waals surface area contributed by atoms with Crippen molar-refractivity contribution in [1.82, 2.24) is 4.98 Å². The number of rotatable bonds is 6. The Hall–Kier alpha value is -2.26. The largest absolute Gasteiger partial charge is 0.462 e. The van der Waals surface area contributed by atoms with Gasteiger partial charge in [0, 0.05) is 0 Å². The first-order valence-electron chi connectivity index (χ1n) is 8.50. The highest BCUT2D eigenvalue weighted by atomic mass is 19.4. The highest BCUT2D eigenvalue weighted by Crippen LogP contribution is 2.39. The number of esters is 2. The molecule has 0 N–H and O–H groups in total. The van der Waals surface area contributed by atoms with Crippen LogP contribution in [0.25, 0.3) is 0 Å². The Bertz CT molecular complexity index is 739. The summed E-state index contributed by atoms with van der Waals surface area (Å²) in [7, 11) is 0. The topological polar surface area (TPSA) is 65.5 Å². The lowest BCUT2D eigenvalue weighted by molar-refractivity contribution is -0.142. The first kappa shape index (κ1) is 23.8. The molecular formula is C18H22F5NO4. The predicted octanol–water partition coefficient (Wildman–Crippen LogP) is 4.98. The van der Waals surface area contributed by atoms with Crippen molar-refractivity contribution >= 4 is 11.9 Å². The summed E-state index contributed by atoms with van der Waals surface area (Å²) in [6.07, 6.45) is -9.00. The molecule has 0 aliphatic carbocycles. The highest BCUT2D eigenvalue weighted by molar-refractivity contribution is 5.99. The average molecular weight is 411 g/mol. The Labute approximate surface area is 159 Å². The van der Waals surface area contributed by atoms with Crippen LogP contribution in [0.4, 0.5) is 22.0 Å². The minimum Gasteiger partial charge on any atom is -0.462 e. The van der Waals surface area contributed by atoms with E-state index in [1.165, 1.54) is 13.8 Å². The Morgan fingerprint density at radius 2 is 1.43 bits per heavy atom. The average Bonchev–Trinajstić information content (AvgIpc) is 2.51. The van der Waals surface area contributed by atoms with Crippen molar-refractivity contribution in [2.24, 2.45) is 5.41 Å². The molecule has 0 spiro atoms. The van der Waals surface area contributed by atoms with Crippen LogP contribution < -0.4 is 0 Å². The molecular weight excluding hydrogens is 389 g/mol. The normalized spacial score (nSPS) is 12.2. The number of alkyl halides is 5. The lowest BCUT2D eigenvalue weighted by atomic mass is 9.83. The Kier molecular flexibility index (Phi) is 7.50.